The molecule has 6 heteroatoms. The summed E-state index contributed by atoms with van der Waals surface area (Å²) in [5.41, 5.74) is 7.01. The number of hydrogen-bond donors (Lipinski definition) is 1. The zero-order chi connectivity index (χ0) is 14.3. The zero-order valence-electron chi connectivity index (χ0n) is 10.4. The largest absolute Gasteiger partial charge is 0.399 e. The number of benzene rings is 1. The summed E-state index contributed by atoms with van der Waals surface area (Å²) in [4.78, 5) is 26.9. The van der Waals surface area contributed by atoms with Crippen LogP contribution in [0.15, 0.2) is 34.1 Å². The van der Waals surface area contributed by atoms with E-state index in [0.717, 1.165) is 8.66 Å². The van der Waals surface area contributed by atoms with Crippen LogP contribution in [-0.4, -0.2) is 23.3 Å². The average molecular weight is 351 g/mol. The minimum Gasteiger partial charge on any atom is -0.399 e. The first-order valence-corrected chi connectivity index (χ1v) is 7.67. The first-order valence-electron chi connectivity index (χ1n) is 6.06. The average Bonchev–Trinajstić information content (AvgIpc) is 2.92. The predicted octanol–water partition coefficient (Wildman–Crippen LogP) is 2.93. The molecule has 20 heavy (non-hydrogen) atoms. The summed E-state index contributed by atoms with van der Waals surface area (Å²) in [6, 6.07) is 8.78. The van der Waals surface area contributed by atoms with Crippen LogP contribution in [0.2, 0.25) is 0 Å². The molecule has 1 aromatic heterocycles. The minimum atomic E-state index is -0.257. The summed E-state index contributed by atoms with van der Waals surface area (Å²) < 4.78 is 1.04. The SMILES string of the molecule is Nc1ccc2c(c1)C(=O)N(CCc1ccc(Br)s1)C2=O. The van der Waals surface area contributed by atoms with Crippen molar-refractivity contribution in [3.63, 3.8) is 0 Å². The zero-order valence-corrected chi connectivity index (χ0v) is 12.8. The van der Waals surface area contributed by atoms with E-state index in [4.69, 9.17) is 5.73 Å². The van der Waals surface area contributed by atoms with Gasteiger partial charge in [0.2, 0.25) is 0 Å². The van der Waals surface area contributed by atoms with Gasteiger partial charge in [-0.3, -0.25) is 14.5 Å². The molecule has 2 aromatic rings. The molecule has 0 unspecified atom stereocenters. The third-order valence-corrected chi connectivity index (χ3v) is 4.89. The van der Waals surface area contributed by atoms with E-state index in [-0.39, 0.29) is 11.8 Å². The molecular formula is C14H11BrN2O2S. The van der Waals surface area contributed by atoms with Crippen molar-refractivity contribution in [1.82, 2.24) is 4.90 Å². The number of thiophene rings is 1. The number of amides is 2. The van der Waals surface area contributed by atoms with Gasteiger partial charge in [-0.2, -0.15) is 0 Å². The van der Waals surface area contributed by atoms with E-state index in [1.807, 2.05) is 12.1 Å². The van der Waals surface area contributed by atoms with E-state index in [1.54, 1.807) is 29.5 Å². The molecule has 1 aromatic carbocycles. The lowest BCUT2D eigenvalue weighted by Crippen LogP contribution is -2.31. The highest BCUT2D eigenvalue weighted by molar-refractivity contribution is 9.11. The van der Waals surface area contributed by atoms with E-state index in [1.165, 1.54) is 4.90 Å². The fraction of sp³-hybridized carbons (Fsp3) is 0.143. The van der Waals surface area contributed by atoms with Gasteiger partial charge in [-0.1, -0.05) is 0 Å². The fourth-order valence-electron chi connectivity index (χ4n) is 2.22. The fourth-order valence-corrected chi connectivity index (χ4v) is 3.69. The van der Waals surface area contributed by atoms with Crippen LogP contribution in [0.5, 0.6) is 0 Å². The Balaban J connectivity index is 1.79. The number of nitrogen functional groups attached to an aromatic ring is 1. The third kappa shape index (κ3) is 2.25. The lowest BCUT2D eigenvalue weighted by atomic mass is 10.1. The van der Waals surface area contributed by atoms with Gasteiger partial charge in [0.05, 0.1) is 14.9 Å². The Kier molecular flexibility index (Phi) is 3.35. The predicted molar refractivity (Wildman–Crippen MR) is 81.9 cm³/mol. The Morgan fingerprint density at radius 2 is 1.85 bits per heavy atom. The second-order valence-corrected chi connectivity index (χ2v) is 7.07. The van der Waals surface area contributed by atoms with Crippen molar-refractivity contribution in [3.8, 4) is 0 Å². The van der Waals surface area contributed by atoms with Crippen LogP contribution in [0.4, 0.5) is 5.69 Å². The van der Waals surface area contributed by atoms with Gasteiger partial charge in [0, 0.05) is 17.1 Å². The summed E-state index contributed by atoms with van der Waals surface area (Å²) in [6.07, 6.45) is 0.664. The van der Waals surface area contributed by atoms with Crippen molar-refractivity contribution in [3.05, 3.63) is 50.1 Å². The number of hydrogen-bond acceptors (Lipinski definition) is 4. The van der Waals surface area contributed by atoms with Gasteiger partial charge in [-0.15, -0.1) is 11.3 Å². The lowest BCUT2D eigenvalue weighted by molar-refractivity contribution is 0.0656. The second-order valence-electron chi connectivity index (χ2n) is 4.52. The lowest BCUT2D eigenvalue weighted by Gasteiger charge is -2.12. The van der Waals surface area contributed by atoms with Crippen molar-refractivity contribution in [2.75, 3.05) is 12.3 Å². The molecule has 0 atom stereocenters. The summed E-state index contributed by atoms with van der Waals surface area (Å²) in [5.74, 6) is -0.492. The van der Waals surface area contributed by atoms with Gasteiger partial charge in [0.25, 0.3) is 11.8 Å². The molecule has 0 bridgehead atoms. The molecule has 0 saturated heterocycles. The molecule has 0 saturated carbocycles. The molecule has 1 aliphatic rings. The maximum absolute atomic E-state index is 12.2. The molecule has 0 fully saturated rings. The molecule has 3 rings (SSSR count). The Morgan fingerprint density at radius 1 is 1.10 bits per heavy atom. The molecule has 2 heterocycles. The van der Waals surface area contributed by atoms with Gasteiger partial charge in [0.15, 0.2) is 0 Å². The van der Waals surface area contributed by atoms with Crippen molar-refractivity contribution in [1.29, 1.82) is 0 Å². The molecule has 2 amide bonds. The van der Waals surface area contributed by atoms with Crippen LogP contribution in [0.3, 0.4) is 0 Å². The van der Waals surface area contributed by atoms with E-state index in [0.29, 0.717) is 29.8 Å². The number of fused-ring (bicyclic) bond motifs is 1. The molecule has 4 nitrogen and oxygen atoms in total. The minimum absolute atomic E-state index is 0.236. The number of nitrogens with zero attached hydrogens (tertiary/aromatic N) is 1. The Bertz CT molecular complexity index is 711. The molecule has 0 radical (unpaired) electrons. The van der Waals surface area contributed by atoms with Crippen LogP contribution in [0, 0.1) is 0 Å². The van der Waals surface area contributed by atoms with Crippen LogP contribution in [0.1, 0.15) is 25.6 Å². The number of carbonyl (C=O) groups is 2. The maximum Gasteiger partial charge on any atom is 0.261 e. The standard InChI is InChI=1S/C14H11BrN2O2S/c15-12-4-2-9(20-12)5-6-17-13(18)10-3-1-8(16)7-11(10)14(17)19/h1-4,7H,5-6,16H2. The molecular weight excluding hydrogens is 340 g/mol. The van der Waals surface area contributed by atoms with Crippen LogP contribution in [0.25, 0.3) is 0 Å². The van der Waals surface area contributed by atoms with Gasteiger partial charge < -0.3 is 5.73 Å². The van der Waals surface area contributed by atoms with Gasteiger partial charge in [0.1, 0.15) is 0 Å². The topological polar surface area (TPSA) is 63.4 Å². The Morgan fingerprint density at radius 3 is 2.55 bits per heavy atom. The third-order valence-electron chi connectivity index (χ3n) is 3.21. The quantitative estimate of drug-likeness (QED) is 0.683. The van der Waals surface area contributed by atoms with Crippen molar-refractivity contribution >= 4 is 44.8 Å². The van der Waals surface area contributed by atoms with Gasteiger partial charge in [-0.05, 0) is 52.7 Å². The number of nitrogens with two attached hydrogens (primary N) is 1. The van der Waals surface area contributed by atoms with Crippen molar-refractivity contribution in [2.24, 2.45) is 0 Å². The molecule has 0 aliphatic carbocycles. The molecule has 2 N–H and O–H groups in total. The Hall–Kier alpha value is -1.66. The molecule has 0 spiro atoms. The van der Waals surface area contributed by atoms with Crippen molar-refractivity contribution in [2.45, 2.75) is 6.42 Å². The molecule has 1 aliphatic heterocycles. The summed E-state index contributed by atoms with van der Waals surface area (Å²) in [6.45, 7) is 0.388. The molecule has 102 valence electrons. The second kappa shape index (κ2) is 5.03. The van der Waals surface area contributed by atoms with Crippen LogP contribution >= 0.6 is 27.3 Å². The van der Waals surface area contributed by atoms with E-state index in [2.05, 4.69) is 15.9 Å². The highest BCUT2D eigenvalue weighted by atomic mass is 79.9. The Labute approximate surface area is 128 Å². The summed E-state index contributed by atoms with van der Waals surface area (Å²) in [7, 11) is 0. The first kappa shape index (κ1) is 13.3. The number of anilines is 1. The normalized spacial score (nSPS) is 13.9. The number of carbonyl (C=O) groups excluding carboxylic acids is 2. The van der Waals surface area contributed by atoms with Crippen LogP contribution in [-0.2, 0) is 6.42 Å². The van der Waals surface area contributed by atoms with Gasteiger partial charge in [-0.25, -0.2) is 0 Å². The monoisotopic (exact) mass is 350 g/mol. The van der Waals surface area contributed by atoms with E-state index >= 15 is 0 Å². The maximum atomic E-state index is 12.2. The van der Waals surface area contributed by atoms with E-state index in [9.17, 15) is 9.59 Å². The number of halogens is 1. The van der Waals surface area contributed by atoms with E-state index < -0.39 is 0 Å². The van der Waals surface area contributed by atoms with Gasteiger partial charge >= 0.3 is 0 Å². The van der Waals surface area contributed by atoms with Crippen molar-refractivity contribution < 1.29 is 9.59 Å². The first-order chi connectivity index (χ1) is 9.56. The highest BCUT2D eigenvalue weighted by Gasteiger charge is 2.35. The van der Waals surface area contributed by atoms with Crippen LogP contribution < -0.4 is 5.73 Å². The summed E-state index contributed by atoms with van der Waals surface area (Å²) in [5, 5.41) is 0. The number of imide groups is 1. The smallest absolute Gasteiger partial charge is 0.261 e. The number of rotatable bonds is 3. The summed E-state index contributed by atoms with van der Waals surface area (Å²) >= 11 is 5.01. The highest BCUT2D eigenvalue weighted by Crippen LogP contribution is 2.26.